The molecular formula is C23H17BrFN5OS. The summed E-state index contributed by atoms with van der Waals surface area (Å²) in [6, 6.07) is 23.3. The first-order valence-electron chi connectivity index (χ1n) is 9.57. The number of thioether (sulfide) groups is 1. The molecule has 9 heteroatoms. The summed E-state index contributed by atoms with van der Waals surface area (Å²) in [6.45, 7) is 0. The standard InChI is InChI=1S/C23H17BrFN5OS/c24-18-10-8-17(9-11-18)22-28-29-23(30(22)20-4-2-1-3-5-20)32-15-21(31)27-26-14-16-6-12-19(25)13-7-16/h1-14H,15H2,(H,27,31)/b26-14-. The van der Waals surface area contributed by atoms with Crippen molar-refractivity contribution >= 4 is 39.8 Å². The van der Waals surface area contributed by atoms with Gasteiger partial charge in [-0.15, -0.1) is 10.2 Å². The normalized spacial score (nSPS) is 11.1. The topological polar surface area (TPSA) is 72.2 Å². The van der Waals surface area contributed by atoms with Gasteiger partial charge in [0.2, 0.25) is 0 Å². The molecule has 0 spiro atoms. The van der Waals surface area contributed by atoms with Crippen LogP contribution in [0.1, 0.15) is 5.56 Å². The minimum absolute atomic E-state index is 0.103. The first-order valence-corrected chi connectivity index (χ1v) is 11.3. The molecule has 4 rings (SSSR count). The van der Waals surface area contributed by atoms with Gasteiger partial charge in [-0.3, -0.25) is 9.36 Å². The highest BCUT2D eigenvalue weighted by atomic mass is 79.9. The highest BCUT2D eigenvalue weighted by Gasteiger charge is 2.17. The average molecular weight is 510 g/mol. The van der Waals surface area contributed by atoms with Crippen LogP contribution in [0.5, 0.6) is 0 Å². The van der Waals surface area contributed by atoms with Crippen LogP contribution >= 0.6 is 27.7 Å². The summed E-state index contributed by atoms with van der Waals surface area (Å²) in [4.78, 5) is 12.3. The molecule has 0 saturated carbocycles. The highest BCUT2D eigenvalue weighted by Crippen LogP contribution is 2.28. The van der Waals surface area contributed by atoms with Gasteiger partial charge in [0.1, 0.15) is 5.82 Å². The van der Waals surface area contributed by atoms with Gasteiger partial charge in [0.15, 0.2) is 11.0 Å². The third-order valence-corrected chi connectivity index (χ3v) is 5.81. The lowest BCUT2D eigenvalue weighted by Gasteiger charge is -2.10. The molecule has 0 atom stereocenters. The van der Waals surface area contributed by atoms with E-state index in [1.807, 2.05) is 59.2 Å². The molecule has 0 aliphatic heterocycles. The molecule has 1 N–H and O–H groups in total. The maximum Gasteiger partial charge on any atom is 0.250 e. The Kier molecular flexibility index (Phi) is 7.08. The Morgan fingerprint density at radius 1 is 1.03 bits per heavy atom. The Bertz CT molecular complexity index is 1230. The summed E-state index contributed by atoms with van der Waals surface area (Å²) >= 11 is 4.71. The quantitative estimate of drug-likeness (QED) is 0.214. The molecule has 0 unspecified atom stereocenters. The van der Waals surface area contributed by atoms with Crippen LogP contribution in [0.3, 0.4) is 0 Å². The predicted molar refractivity (Wildman–Crippen MR) is 127 cm³/mol. The summed E-state index contributed by atoms with van der Waals surface area (Å²) < 4.78 is 15.8. The molecule has 0 aliphatic carbocycles. The number of benzene rings is 3. The number of carbonyl (C=O) groups excluding carboxylic acids is 1. The van der Waals surface area contributed by atoms with E-state index in [1.54, 1.807) is 12.1 Å². The molecule has 160 valence electrons. The van der Waals surface area contributed by atoms with Gasteiger partial charge < -0.3 is 0 Å². The minimum atomic E-state index is -0.326. The number of hydrogen-bond donors (Lipinski definition) is 1. The van der Waals surface area contributed by atoms with Crippen LogP contribution in [0.2, 0.25) is 0 Å². The zero-order valence-electron chi connectivity index (χ0n) is 16.7. The predicted octanol–water partition coefficient (Wildman–Crippen LogP) is 5.08. The molecule has 0 fully saturated rings. The third kappa shape index (κ3) is 5.49. The van der Waals surface area contributed by atoms with E-state index in [1.165, 1.54) is 30.1 Å². The van der Waals surface area contributed by atoms with E-state index in [-0.39, 0.29) is 17.5 Å². The minimum Gasteiger partial charge on any atom is -0.272 e. The lowest BCUT2D eigenvalue weighted by atomic mass is 10.2. The molecule has 3 aromatic carbocycles. The SMILES string of the molecule is O=C(CSc1nnc(-c2ccc(Br)cc2)n1-c1ccccc1)N/N=C\c1ccc(F)cc1. The van der Waals surface area contributed by atoms with Crippen LogP contribution in [0.4, 0.5) is 4.39 Å². The largest absolute Gasteiger partial charge is 0.272 e. The second-order valence-corrected chi connectivity index (χ2v) is 8.48. The van der Waals surface area contributed by atoms with E-state index in [2.05, 4.69) is 36.7 Å². The Morgan fingerprint density at radius 2 is 1.75 bits per heavy atom. The molecule has 6 nitrogen and oxygen atoms in total. The van der Waals surface area contributed by atoms with Gasteiger partial charge in [0.25, 0.3) is 5.91 Å². The maximum absolute atomic E-state index is 12.9. The smallest absolute Gasteiger partial charge is 0.250 e. The van der Waals surface area contributed by atoms with Gasteiger partial charge in [0, 0.05) is 15.7 Å². The molecule has 1 aromatic heterocycles. The van der Waals surface area contributed by atoms with E-state index in [0.29, 0.717) is 16.5 Å². The highest BCUT2D eigenvalue weighted by molar-refractivity contribution is 9.10. The van der Waals surface area contributed by atoms with Gasteiger partial charge in [-0.1, -0.05) is 70.2 Å². The van der Waals surface area contributed by atoms with Crippen molar-refractivity contribution < 1.29 is 9.18 Å². The van der Waals surface area contributed by atoms with Crippen molar-refractivity contribution in [2.75, 3.05) is 5.75 Å². The zero-order valence-corrected chi connectivity index (χ0v) is 19.1. The number of hydrogen-bond acceptors (Lipinski definition) is 5. The van der Waals surface area contributed by atoms with Gasteiger partial charge in [-0.05, 0) is 42.0 Å². The van der Waals surface area contributed by atoms with E-state index in [9.17, 15) is 9.18 Å². The molecule has 1 heterocycles. The molecule has 1 amide bonds. The van der Waals surface area contributed by atoms with Crippen molar-refractivity contribution in [2.45, 2.75) is 5.16 Å². The second kappa shape index (κ2) is 10.3. The third-order valence-electron chi connectivity index (χ3n) is 4.36. The van der Waals surface area contributed by atoms with Crippen molar-refractivity contribution in [3.8, 4) is 17.1 Å². The summed E-state index contributed by atoms with van der Waals surface area (Å²) in [7, 11) is 0. The van der Waals surface area contributed by atoms with E-state index < -0.39 is 0 Å². The fourth-order valence-corrected chi connectivity index (χ4v) is 3.86. The number of aromatic nitrogens is 3. The fourth-order valence-electron chi connectivity index (χ4n) is 2.85. The van der Waals surface area contributed by atoms with Crippen LogP contribution in [0.15, 0.2) is 93.6 Å². The molecule has 0 aliphatic rings. The molecule has 0 saturated heterocycles. The maximum atomic E-state index is 12.9. The second-order valence-electron chi connectivity index (χ2n) is 6.62. The number of halogens is 2. The first-order chi connectivity index (χ1) is 15.6. The number of rotatable bonds is 7. The van der Waals surface area contributed by atoms with Crippen molar-refractivity contribution in [1.29, 1.82) is 0 Å². The van der Waals surface area contributed by atoms with Gasteiger partial charge in [-0.25, -0.2) is 9.82 Å². The lowest BCUT2D eigenvalue weighted by Crippen LogP contribution is -2.20. The number of nitrogens with zero attached hydrogens (tertiary/aromatic N) is 4. The van der Waals surface area contributed by atoms with Crippen molar-refractivity contribution in [3.63, 3.8) is 0 Å². The van der Waals surface area contributed by atoms with E-state index in [0.717, 1.165) is 15.7 Å². The summed E-state index contributed by atoms with van der Waals surface area (Å²) in [5.74, 6) is 0.168. The van der Waals surface area contributed by atoms with Gasteiger partial charge in [0.05, 0.1) is 12.0 Å². The van der Waals surface area contributed by atoms with Crippen LogP contribution in [0, 0.1) is 5.82 Å². The average Bonchev–Trinajstić information content (AvgIpc) is 3.24. The monoisotopic (exact) mass is 509 g/mol. The molecule has 4 aromatic rings. The van der Waals surface area contributed by atoms with Crippen molar-refractivity contribution in [1.82, 2.24) is 20.2 Å². The number of para-hydroxylation sites is 1. The summed E-state index contributed by atoms with van der Waals surface area (Å²) in [5, 5.41) is 13.2. The molecule has 32 heavy (non-hydrogen) atoms. The Balaban J connectivity index is 1.49. The van der Waals surface area contributed by atoms with E-state index in [4.69, 9.17) is 0 Å². The molecular weight excluding hydrogens is 493 g/mol. The van der Waals surface area contributed by atoms with Crippen LogP contribution in [-0.2, 0) is 4.79 Å². The summed E-state index contributed by atoms with van der Waals surface area (Å²) in [6.07, 6.45) is 1.46. The van der Waals surface area contributed by atoms with Gasteiger partial charge >= 0.3 is 0 Å². The number of carbonyl (C=O) groups is 1. The van der Waals surface area contributed by atoms with Crippen LogP contribution < -0.4 is 5.43 Å². The Hall–Kier alpha value is -3.30. The van der Waals surface area contributed by atoms with Crippen LogP contribution in [-0.4, -0.2) is 32.6 Å². The number of amides is 1. The van der Waals surface area contributed by atoms with E-state index >= 15 is 0 Å². The fraction of sp³-hybridized carbons (Fsp3) is 0.0435. The Labute approximate surface area is 196 Å². The van der Waals surface area contributed by atoms with Crippen molar-refractivity contribution in [3.05, 3.63) is 94.7 Å². The number of nitrogens with one attached hydrogen (secondary N) is 1. The Morgan fingerprint density at radius 3 is 2.47 bits per heavy atom. The number of hydrazone groups is 1. The first kappa shape index (κ1) is 21.9. The van der Waals surface area contributed by atoms with Gasteiger partial charge in [-0.2, -0.15) is 5.10 Å². The zero-order chi connectivity index (χ0) is 22.3. The molecule has 0 bridgehead atoms. The van der Waals surface area contributed by atoms with Crippen LogP contribution in [0.25, 0.3) is 17.1 Å². The van der Waals surface area contributed by atoms with Crippen molar-refractivity contribution in [2.24, 2.45) is 5.10 Å². The summed E-state index contributed by atoms with van der Waals surface area (Å²) in [5.41, 5.74) is 4.96. The molecule has 0 radical (unpaired) electrons. The lowest BCUT2D eigenvalue weighted by molar-refractivity contribution is -0.118.